The van der Waals surface area contributed by atoms with Crippen LogP contribution in [-0.2, 0) is 13.0 Å². The van der Waals surface area contributed by atoms with Crippen molar-refractivity contribution in [1.29, 1.82) is 0 Å². The molecule has 1 aliphatic rings. The number of rotatable bonds is 5. The number of nitrogens with one attached hydrogen (secondary N) is 1. The quantitative estimate of drug-likeness (QED) is 0.751. The molecule has 1 fully saturated rings. The Labute approximate surface area is 152 Å². The van der Waals surface area contributed by atoms with Crippen molar-refractivity contribution in [2.75, 3.05) is 31.1 Å². The molecule has 1 aliphatic heterocycles. The van der Waals surface area contributed by atoms with Crippen LogP contribution in [0, 0.1) is 6.92 Å². The van der Waals surface area contributed by atoms with Crippen molar-refractivity contribution in [2.45, 2.75) is 26.8 Å². The van der Waals surface area contributed by atoms with Gasteiger partial charge in [0.25, 0.3) is 0 Å². The minimum absolute atomic E-state index is 0.806. The SMILES string of the molecule is CCc1nc(CN2CCN(c3nnnn3-c3ccccc3)CC2)c(C)[nH]1. The molecular formula is C18H24N8. The molecule has 26 heavy (non-hydrogen) atoms. The molecule has 0 saturated carbocycles. The monoisotopic (exact) mass is 352 g/mol. The molecule has 1 aromatic carbocycles. The fourth-order valence-corrected chi connectivity index (χ4v) is 3.32. The van der Waals surface area contributed by atoms with E-state index in [0.29, 0.717) is 0 Å². The third-order valence-electron chi connectivity index (χ3n) is 4.85. The topological polar surface area (TPSA) is 78.8 Å². The molecule has 0 spiro atoms. The first-order valence-corrected chi connectivity index (χ1v) is 9.10. The Kier molecular flexibility index (Phi) is 4.66. The van der Waals surface area contributed by atoms with E-state index in [2.05, 4.69) is 44.2 Å². The second-order valence-electron chi connectivity index (χ2n) is 6.60. The van der Waals surface area contributed by atoms with Gasteiger partial charge in [0.2, 0.25) is 5.95 Å². The van der Waals surface area contributed by atoms with Gasteiger partial charge in [0.1, 0.15) is 5.82 Å². The Balaban J connectivity index is 1.41. The van der Waals surface area contributed by atoms with E-state index in [4.69, 9.17) is 4.98 Å². The molecule has 1 N–H and O–H groups in total. The largest absolute Gasteiger partial charge is 0.346 e. The van der Waals surface area contributed by atoms with Gasteiger partial charge in [-0.25, -0.2) is 4.98 Å². The van der Waals surface area contributed by atoms with E-state index in [-0.39, 0.29) is 0 Å². The summed E-state index contributed by atoms with van der Waals surface area (Å²) in [7, 11) is 0. The molecule has 8 nitrogen and oxygen atoms in total. The number of tetrazole rings is 1. The predicted octanol–water partition coefficient (Wildman–Crippen LogP) is 1.58. The molecule has 0 atom stereocenters. The van der Waals surface area contributed by atoms with Crippen LogP contribution in [-0.4, -0.2) is 61.3 Å². The highest BCUT2D eigenvalue weighted by molar-refractivity contribution is 5.40. The Morgan fingerprint density at radius 2 is 1.85 bits per heavy atom. The highest BCUT2D eigenvalue weighted by atomic mass is 15.6. The number of anilines is 1. The lowest BCUT2D eigenvalue weighted by atomic mass is 10.2. The Morgan fingerprint density at radius 1 is 1.08 bits per heavy atom. The van der Waals surface area contributed by atoms with Gasteiger partial charge in [-0.3, -0.25) is 4.90 Å². The molecule has 0 radical (unpaired) electrons. The maximum absolute atomic E-state index is 4.70. The van der Waals surface area contributed by atoms with E-state index in [1.54, 1.807) is 4.68 Å². The van der Waals surface area contributed by atoms with Crippen LogP contribution in [0.2, 0.25) is 0 Å². The standard InChI is InChI=1S/C18H24N8/c1-3-17-19-14(2)16(20-17)13-24-9-11-25(12-10-24)18-21-22-23-26(18)15-7-5-4-6-8-15/h4-8H,3,9-13H2,1-2H3,(H,19,20). The number of para-hydroxylation sites is 1. The van der Waals surface area contributed by atoms with E-state index in [1.165, 1.54) is 5.69 Å². The molecule has 3 aromatic rings. The van der Waals surface area contributed by atoms with Crippen molar-refractivity contribution in [3.05, 3.63) is 47.5 Å². The number of aryl methyl sites for hydroxylation is 2. The molecule has 0 aliphatic carbocycles. The highest BCUT2D eigenvalue weighted by Gasteiger charge is 2.23. The summed E-state index contributed by atoms with van der Waals surface area (Å²) in [4.78, 5) is 12.7. The third kappa shape index (κ3) is 3.32. The molecule has 0 unspecified atom stereocenters. The zero-order valence-electron chi connectivity index (χ0n) is 15.3. The normalized spacial score (nSPS) is 15.5. The Morgan fingerprint density at radius 3 is 2.54 bits per heavy atom. The molecular weight excluding hydrogens is 328 g/mol. The van der Waals surface area contributed by atoms with Crippen molar-refractivity contribution < 1.29 is 0 Å². The zero-order valence-corrected chi connectivity index (χ0v) is 15.3. The number of H-pyrrole nitrogens is 1. The summed E-state index contributed by atoms with van der Waals surface area (Å²) in [5, 5.41) is 12.3. The van der Waals surface area contributed by atoms with Crippen molar-refractivity contribution in [1.82, 2.24) is 35.1 Å². The maximum atomic E-state index is 4.70. The minimum Gasteiger partial charge on any atom is -0.346 e. The Bertz CT molecular complexity index is 845. The second-order valence-corrected chi connectivity index (χ2v) is 6.60. The summed E-state index contributed by atoms with van der Waals surface area (Å²) in [6, 6.07) is 10.0. The van der Waals surface area contributed by atoms with Crippen molar-refractivity contribution in [3.8, 4) is 5.69 Å². The summed E-state index contributed by atoms with van der Waals surface area (Å²) in [6.45, 7) is 8.85. The number of imidazole rings is 1. The van der Waals surface area contributed by atoms with Crippen LogP contribution in [0.25, 0.3) is 5.69 Å². The van der Waals surface area contributed by atoms with Gasteiger partial charge in [0.15, 0.2) is 0 Å². The van der Waals surface area contributed by atoms with E-state index in [1.807, 2.05) is 30.3 Å². The fourth-order valence-electron chi connectivity index (χ4n) is 3.32. The van der Waals surface area contributed by atoms with Crippen LogP contribution < -0.4 is 4.90 Å². The van der Waals surface area contributed by atoms with Gasteiger partial charge in [-0.2, -0.15) is 4.68 Å². The second kappa shape index (κ2) is 7.25. The first kappa shape index (κ1) is 16.7. The van der Waals surface area contributed by atoms with Crippen molar-refractivity contribution >= 4 is 5.95 Å². The van der Waals surface area contributed by atoms with Gasteiger partial charge in [0.05, 0.1) is 11.4 Å². The van der Waals surface area contributed by atoms with Gasteiger partial charge in [-0.05, 0) is 29.5 Å². The van der Waals surface area contributed by atoms with E-state index < -0.39 is 0 Å². The number of hydrogen-bond acceptors (Lipinski definition) is 6. The van der Waals surface area contributed by atoms with E-state index >= 15 is 0 Å². The number of benzene rings is 1. The van der Waals surface area contributed by atoms with Gasteiger partial charge >= 0.3 is 0 Å². The molecule has 8 heteroatoms. The fraction of sp³-hybridized carbons (Fsp3) is 0.444. The first-order chi connectivity index (χ1) is 12.7. The molecule has 0 bridgehead atoms. The number of piperazine rings is 1. The minimum atomic E-state index is 0.806. The number of aromatic nitrogens is 6. The van der Waals surface area contributed by atoms with Crippen LogP contribution in [0.4, 0.5) is 5.95 Å². The summed E-state index contributed by atoms with van der Waals surface area (Å²) in [5.41, 5.74) is 3.32. The first-order valence-electron chi connectivity index (χ1n) is 9.10. The summed E-state index contributed by atoms with van der Waals surface area (Å²) >= 11 is 0. The number of hydrogen-bond donors (Lipinski definition) is 1. The smallest absolute Gasteiger partial charge is 0.250 e. The van der Waals surface area contributed by atoms with Gasteiger partial charge in [-0.1, -0.05) is 30.2 Å². The maximum Gasteiger partial charge on any atom is 0.250 e. The number of nitrogens with zero attached hydrogens (tertiary/aromatic N) is 7. The summed E-state index contributed by atoms with van der Waals surface area (Å²) < 4.78 is 1.81. The van der Waals surface area contributed by atoms with Crippen LogP contribution in [0.3, 0.4) is 0 Å². The lowest BCUT2D eigenvalue weighted by Crippen LogP contribution is -2.47. The van der Waals surface area contributed by atoms with Crippen LogP contribution in [0.5, 0.6) is 0 Å². The molecule has 2 aromatic heterocycles. The molecule has 0 amide bonds. The van der Waals surface area contributed by atoms with E-state index in [0.717, 1.165) is 62.3 Å². The Hall–Kier alpha value is -2.74. The molecule has 4 rings (SSSR count). The van der Waals surface area contributed by atoms with Crippen LogP contribution >= 0.6 is 0 Å². The van der Waals surface area contributed by atoms with Gasteiger partial charge < -0.3 is 9.88 Å². The van der Waals surface area contributed by atoms with Crippen LogP contribution in [0.1, 0.15) is 24.1 Å². The predicted molar refractivity (Wildman–Crippen MR) is 99.3 cm³/mol. The molecule has 1 saturated heterocycles. The van der Waals surface area contributed by atoms with Crippen molar-refractivity contribution in [2.24, 2.45) is 0 Å². The van der Waals surface area contributed by atoms with Crippen LogP contribution in [0.15, 0.2) is 30.3 Å². The molecule has 3 heterocycles. The lowest BCUT2D eigenvalue weighted by molar-refractivity contribution is 0.245. The average molecular weight is 352 g/mol. The van der Waals surface area contributed by atoms with Gasteiger partial charge in [-0.15, -0.1) is 0 Å². The molecule has 136 valence electrons. The van der Waals surface area contributed by atoms with Crippen molar-refractivity contribution in [3.63, 3.8) is 0 Å². The van der Waals surface area contributed by atoms with E-state index in [9.17, 15) is 0 Å². The average Bonchev–Trinajstić information content (AvgIpc) is 3.30. The lowest BCUT2D eigenvalue weighted by Gasteiger charge is -2.34. The summed E-state index contributed by atoms with van der Waals surface area (Å²) in [6.07, 6.45) is 0.941. The zero-order chi connectivity index (χ0) is 17.9. The highest BCUT2D eigenvalue weighted by Crippen LogP contribution is 2.18. The number of aromatic amines is 1. The summed E-state index contributed by atoms with van der Waals surface area (Å²) in [5.74, 6) is 1.87. The third-order valence-corrected chi connectivity index (χ3v) is 4.85. The van der Waals surface area contributed by atoms with Gasteiger partial charge in [0, 0.05) is 44.8 Å².